The maximum atomic E-state index is 8.75. The number of halogens is 2. The van der Waals surface area contributed by atoms with Gasteiger partial charge in [0.25, 0.3) is 0 Å². The summed E-state index contributed by atoms with van der Waals surface area (Å²) >= 11 is 7.28. The third kappa shape index (κ3) is 1.60. The van der Waals surface area contributed by atoms with Crippen molar-refractivity contribution >= 4 is 59.9 Å². The molecule has 0 N–H and O–H groups in total. The van der Waals surface area contributed by atoms with Crippen LogP contribution >= 0.6 is 49.9 Å². The molecular formula is C9H3BrINS. The fourth-order valence-electron chi connectivity index (χ4n) is 1.11. The molecule has 1 aromatic heterocycles. The van der Waals surface area contributed by atoms with E-state index in [9.17, 15) is 0 Å². The Bertz CT molecular complexity index is 512. The van der Waals surface area contributed by atoms with Gasteiger partial charge in [-0.25, -0.2) is 0 Å². The molecule has 4 heteroatoms. The third-order valence-electron chi connectivity index (χ3n) is 1.70. The second-order valence-electron chi connectivity index (χ2n) is 2.50. The second-order valence-corrected chi connectivity index (χ2v) is 5.51. The van der Waals surface area contributed by atoms with Gasteiger partial charge >= 0.3 is 0 Å². The average Bonchev–Trinajstić information content (AvgIpc) is 2.55. The van der Waals surface area contributed by atoms with Gasteiger partial charge in [-0.05, 0) is 56.7 Å². The number of hydrogen-bond donors (Lipinski definition) is 0. The number of hydrogen-bond acceptors (Lipinski definition) is 2. The van der Waals surface area contributed by atoms with Crippen LogP contribution in [0.2, 0.25) is 0 Å². The Kier molecular flexibility index (Phi) is 2.58. The van der Waals surface area contributed by atoms with Crippen molar-refractivity contribution in [1.82, 2.24) is 0 Å². The molecule has 2 aromatic rings. The van der Waals surface area contributed by atoms with Crippen molar-refractivity contribution in [2.45, 2.75) is 0 Å². The zero-order valence-electron chi connectivity index (χ0n) is 6.34. The molecule has 64 valence electrons. The highest BCUT2D eigenvalue weighted by molar-refractivity contribution is 14.1. The molecule has 0 spiro atoms. The van der Waals surface area contributed by atoms with Gasteiger partial charge in [0.15, 0.2) is 0 Å². The zero-order valence-corrected chi connectivity index (χ0v) is 10.9. The molecule has 1 heterocycles. The van der Waals surface area contributed by atoms with E-state index in [0.717, 1.165) is 14.7 Å². The Labute approximate surface area is 102 Å². The molecule has 0 saturated heterocycles. The number of thiophene rings is 1. The van der Waals surface area contributed by atoms with E-state index in [-0.39, 0.29) is 0 Å². The number of nitrogens with zero attached hydrogens (tertiary/aromatic N) is 1. The first-order chi connectivity index (χ1) is 6.22. The van der Waals surface area contributed by atoms with Gasteiger partial charge in [-0.3, -0.25) is 0 Å². The largest absolute Gasteiger partial charge is 0.192 e. The predicted octanol–water partition coefficient (Wildman–Crippen LogP) is 4.14. The van der Waals surface area contributed by atoms with Crippen molar-refractivity contribution in [2.24, 2.45) is 0 Å². The van der Waals surface area contributed by atoms with Crippen LogP contribution in [-0.4, -0.2) is 0 Å². The van der Waals surface area contributed by atoms with E-state index >= 15 is 0 Å². The van der Waals surface area contributed by atoms with Crippen molar-refractivity contribution in [1.29, 1.82) is 5.26 Å². The van der Waals surface area contributed by atoms with Crippen molar-refractivity contribution in [3.63, 3.8) is 0 Å². The molecule has 2 rings (SSSR count). The molecule has 0 saturated carbocycles. The van der Waals surface area contributed by atoms with E-state index in [2.05, 4.69) is 44.6 Å². The Morgan fingerprint density at radius 3 is 2.92 bits per heavy atom. The van der Waals surface area contributed by atoms with Gasteiger partial charge in [-0.1, -0.05) is 0 Å². The minimum Gasteiger partial charge on any atom is -0.192 e. The topological polar surface area (TPSA) is 23.8 Å². The van der Waals surface area contributed by atoms with Crippen LogP contribution in [0.1, 0.15) is 4.88 Å². The lowest BCUT2D eigenvalue weighted by atomic mass is 10.2. The molecular weight excluding hydrogens is 361 g/mol. The summed E-state index contributed by atoms with van der Waals surface area (Å²) in [4.78, 5) is 0.769. The molecule has 0 aliphatic carbocycles. The molecule has 0 bridgehead atoms. The fourth-order valence-corrected chi connectivity index (χ4v) is 3.13. The van der Waals surface area contributed by atoms with Crippen LogP contribution in [-0.2, 0) is 0 Å². The molecule has 0 fully saturated rings. The highest BCUT2D eigenvalue weighted by Gasteiger charge is 2.06. The van der Waals surface area contributed by atoms with Crippen LogP contribution in [0.25, 0.3) is 10.1 Å². The molecule has 1 aromatic carbocycles. The van der Waals surface area contributed by atoms with E-state index in [1.807, 2.05) is 18.2 Å². The Balaban J connectivity index is 2.86. The van der Waals surface area contributed by atoms with E-state index in [1.165, 1.54) is 19.6 Å². The highest BCUT2D eigenvalue weighted by Crippen LogP contribution is 2.33. The van der Waals surface area contributed by atoms with Crippen molar-refractivity contribution in [3.05, 3.63) is 31.1 Å². The average molecular weight is 364 g/mol. The first-order valence-corrected chi connectivity index (χ1v) is 6.19. The molecule has 0 aliphatic heterocycles. The Morgan fingerprint density at radius 2 is 2.23 bits per heavy atom. The predicted molar refractivity (Wildman–Crippen MR) is 67.0 cm³/mol. The van der Waals surface area contributed by atoms with Gasteiger partial charge in [0, 0.05) is 18.1 Å². The van der Waals surface area contributed by atoms with E-state index in [1.54, 1.807) is 0 Å². The van der Waals surface area contributed by atoms with Crippen LogP contribution in [0.5, 0.6) is 0 Å². The minimum atomic E-state index is 0.769. The standard InChI is InChI=1S/C9H3BrINS/c10-7-1-2-8-6(9(7)11)3-5(4-12)13-8/h1-3H. The first-order valence-electron chi connectivity index (χ1n) is 3.50. The zero-order chi connectivity index (χ0) is 9.42. The summed E-state index contributed by atoms with van der Waals surface area (Å²) in [5.74, 6) is 0. The summed E-state index contributed by atoms with van der Waals surface area (Å²) in [5.41, 5.74) is 0. The van der Waals surface area contributed by atoms with Gasteiger partial charge in [0.05, 0.1) is 0 Å². The fraction of sp³-hybridized carbons (Fsp3) is 0. The van der Waals surface area contributed by atoms with Crippen LogP contribution in [0, 0.1) is 14.9 Å². The number of fused-ring (bicyclic) bond motifs is 1. The molecule has 1 nitrogen and oxygen atoms in total. The maximum absolute atomic E-state index is 8.75. The number of benzene rings is 1. The molecule has 0 aliphatic rings. The van der Waals surface area contributed by atoms with E-state index in [4.69, 9.17) is 5.26 Å². The SMILES string of the molecule is N#Cc1cc2c(I)c(Br)ccc2s1. The maximum Gasteiger partial charge on any atom is 0.110 e. The molecule has 0 amide bonds. The van der Waals surface area contributed by atoms with Crippen LogP contribution in [0.4, 0.5) is 0 Å². The van der Waals surface area contributed by atoms with Gasteiger partial charge in [-0.15, -0.1) is 11.3 Å². The van der Waals surface area contributed by atoms with Crippen molar-refractivity contribution < 1.29 is 0 Å². The summed E-state index contributed by atoms with van der Waals surface area (Å²) in [6.45, 7) is 0. The third-order valence-corrected chi connectivity index (χ3v) is 5.27. The van der Waals surface area contributed by atoms with Gasteiger partial charge in [-0.2, -0.15) is 5.26 Å². The van der Waals surface area contributed by atoms with Gasteiger partial charge in [0.2, 0.25) is 0 Å². The van der Waals surface area contributed by atoms with Crippen LogP contribution in [0.15, 0.2) is 22.7 Å². The second kappa shape index (κ2) is 3.56. The monoisotopic (exact) mass is 363 g/mol. The summed E-state index contributed by atoms with van der Waals surface area (Å²) in [6.07, 6.45) is 0. The molecule has 0 unspecified atom stereocenters. The quantitative estimate of drug-likeness (QED) is 0.645. The number of nitriles is 1. The highest BCUT2D eigenvalue weighted by atomic mass is 127. The minimum absolute atomic E-state index is 0.769. The van der Waals surface area contributed by atoms with Crippen LogP contribution < -0.4 is 0 Å². The van der Waals surface area contributed by atoms with Crippen molar-refractivity contribution in [3.8, 4) is 6.07 Å². The molecule has 13 heavy (non-hydrogen) atoms. The normalized spacial score (nSPS) is 10.2. The smallest absolute Gasteiger partial charge is 0.110 e. The van der Waals surface area contributed by atoms with E-state index in [0.29, 0.717) is 0 Å². The van der Waals surface area contributed by atoms with Gasteiger partial charge < -0.3 is 0 Å². The lowest BCUT2D eigenvalue weighted by Gasteiger charge is -1.95. The molecule has 0 atom stereocenters. The Hall–Kier alpha value is -0.120. The summed E-state index contributed by atoms with van der Waals surface area (Å²) < 4.78 is 3.43. The number of rotatable bonds is 0. The summed E-state index contributed by atoms with van der Waals surface area (Å²) in [6, 6.07) is 8.15. The Morgan fingerprint density at radius 1 is 1.46 bits per heavy atom. The van der Waals surface area contributed by atoms with Crippen LogP contribution in [0.3, 0.4) is 0 Å². The lowest BCUT2D eigenvalue weighted by Crippen LogP contribution is -1.73. The summed E-state index contributed by atoms with van der Waals surface area (Å²) in [7, 11) is 0. The summed E-state index contributed by atoms with van der Waals surface area (Å²) in [5, 5.41) is 9.91. The van der Waals surface area contributed by atoms with E-state index < -0.39 is 0 Å². The first kappa shape index (κ1) is 9.44. The van der Waals surface area contributed by atoms with Gasteiger partial charge in [0.1, 0.15) is 10.9 Å². The molecule has 0 radical (unpaired) electrons. The van der Waals surface area contributed by atoms with Crippen molar-refractivity contribution in [2.75, 3.05) is 0 Å². The lowest BCUT2D eigenvalue weighted by molar-refractivity contribution is 1.52.